The van der Waals surface area contributed by atoms with Crippen LogP contribution >= 0.6 is 0 Å². The molecule has 182 valence electrons. The lowest BCUT2D eigenvalue weighted by molar-refractivity contribution is -0.140. The van der Waals surface area contributed by atoms with E-state index in [-0.39, 0.29) is 35.5 Å². The zero-order valence-corrected chi connectivity index (χ0v) is 20.5. The maximum absolute atomic E-state index is 13.8. The molecule has 2 aromatic rings. The summed E-state index contributed by atoms with van der Waals surface area (Å²) in [7, 11) is 0. The molecule has 4 bridgehead atoms. The molecule has 0 spiro atoms. The molecule has 2 aromatic carbocycles. The van der Waals surface area contributed by atoms with E-state index in [2.05, 4.69) is 65.6 Å². The predicted molar refractivity (Wildman–Crippen MR) is 136 cm³/mol. The van der Waals surface area contributed by atoms with Gasteiger partial charge in [-0.2, -0.15) is 0 Å². The first kappa shape index (κ1) is 20.4. The Hall–Kier alpha value is -2.72. The van der Waals surface area contributed by atoms with Crippen LogP contribution in [0.5, 0.6) is 0 Å². The number of carbonyl (C=O) groups excluding carboxylic acids is 2. The fourth-order valence-corrected chi connectivity index (χ4v) is 9.93. The lowest BCUT2D eigenvalue weighted by Crippen LogP contribution is -2.41. The van der Waals surface area contributed by atoms with Crippen molar-refractivity contribution in [2.45, 2.75) is 24.7 Å². The molecule has 11 rings (SSSR count). The number of hydrogen-bond acceptors (Lipinski definition) is 3. The Kier molecular flexibility index (Phi) is 3.94. The second-order valence-electron chi connectivity index (χ2n) is 12.6. The van der Waals surface area contributed by atoms with Crippen LogP contribution in [0, 0.1) is 47.3 Å². The van der Waals surface area contributed by atoms with Gasteiger partial charge in [0.2, 0.25) is 11.8 Å². The zero-order chi connectivity index (χ0) is 23.7. The SMILES string of the molecule is O=C1C2C3c4ccccc4C(c4ccccc43)C2C(=O)N1CCCN1CC2C3C=CC(C4CC34)C2C1. The monoisotopic (exact) mass is 476 g/mol. The van der Waals surface area contributed by atoms with Gasteiger partial charge in [-0.05, 0) is 77.1 Å². The number of imide groups is 1. The summed E-state index contributed by atoms with van der Waals surface area (Å²) >= 11 is 0. The van der Waals surface area contributed by atoms with Crippen LogP contribution in [0.4, 0.5) is 0 Å². The molecule has 8 atom stereocenters. The minimum atomic E-state index is -0.240. The van der Waals surface area contributed by atoms with Crippen molar-refractivity contribution in [1.82, 2.24) is 9.80 Å². The molecule has 2 saturated heterocycles. The third-order valence-electron chi connectivity index (χ3n) is 11.3. The number of hydrogen-bond donors (Lipinski definition) is 0. The molecule has 8 unspecified atom stereocenters. The highest BCUT2D eigenvalue weighted by Crippen LogP contribution is 2.65. The van der Waals surface area contributed by atoms with E-state index < -0.39 is 0 Å². The Labute approximate surface area is 212 Å². The van der Waals surface area contributed by atoms with Gasteiger partial charge in [0.25, 0.3) is 0 Å². The summed E-state index contributed by atoms with van der Waals surface area (Å²) in [6, 6.07) is 17.0. The van der Waals surface area contributed by atoms with Gasteiger partial charge in [0.05, 0.1) is 11.8 Å². The summed E-state index contributed by atoms with van der Waals surface area (Å²) in [6.07, 6.45) is 7.43. The van der Waals surface area contributed by atoms with Crippen LogP contribution in [0.1, 0.15) is 46.9 Å². The van der Waals surface area contributed by atoms with Gasteiger partial charge < -0.3 is 4.90 Å². The Morgan fingerprint density at radius 2 is 1.11 bits per heavy atom. The van der Waals surface area contributed by atoms with Crippen LogP contribution in [0.3, 0.4) is 0 Å². The van der Waals surface area contributed by atoms with Gasteiger partial charge in [-0.3, -0.25) is 14.5 Å². The molecule has 9 aliphatic rings. The quantitative estimate of drug-likeness (QED) is 0.489. The lowest BCUT2D eigenvalue weighted by atomic mass is 9.55. The summed E-state index contributed by atoms with van der Waals surface area (Å²) in [5.74, 6) is 4.95. The average Bonchev–Trinajstić information content (AvgIpc) is 3.56. The van der Waals surface area contributed by atoms with Crippen molar-refractivity contribution in [1.29, 1.82) is 0 Å². The number of allylic oxidation sites excluding steroid dienone is 2. The average molecular weight is 477 g/mol. The van der Waals surface area contributed by atoms with Crippen LogP contribution in [0.25, 0.3) is 0 Å². The summed E-state index contributed by atoms with van der Waals surface area (Å²) in [5.41, 5.74) is 5.02. The van der Waals surface area contributed by atoms with E-state index >= 15 is 0 Å². The summed E-state index contributed by atoms with van der Waals surface area (Å²) in [5, 5.41) is 0. The van der Waals surface area contributed by atoms with Gasteiger partial charge in [-0.1, -0.05) is 60.7 Å². The minimum absolute atomic E-state index is 0.00460. The van der Waals surface area contributed by atoms with E-state index in [1.807, 2.05) is 0 Å². The van der Waals surface area contributed by atoms with Crippen LogP contribution in [0.2, 0.25) is 0 Å². The molecule has 0 radical (unpaired) electrons. The van der Waals surface area contributed by atoms with Crippen molar-refractivity contribution in [2.24, 2.45) is 47.3 Å². The number of rotatable bonds is 4. The van der Waals surface area contributed by atoms with Gasteiger partial charge in [-0.25, -0.2) is 0 Å². The Balaban J connectivity index is 0.943. The lowest BCUT2D eigenvalue weighted by Gasteiger charge is -2.45. The highest BCUT2D eigenvalue weighted by atomic mass is 16.2. The van der Waals surface area contributed by atoms with Crippen molar-refractivity contribution in [2.75, 3.05) is 26.2 Å². The summed E-state index contributed by atoms with van der Waals surface area (Å²) in [4.78, 5) is 31.9. The molecule has 2 amide bonds. The van der Waals surface area contributed by atoms with E-state index in [1.165, 1.54) is 41.8 Å². The molecule has 2 saturated carbocycles. The van der Waals surface area contributed by atoms with Gasteiger partial charge in [-0.15, -0.1) is 0 Å². The minimum Gasteiger partial charge on any atom is -0.303 e. The van der Waals surface area contributed by atoms with Crippen LogP contribution in [-0.2, 0) is 9.59 Å². The molecule has 2 heterocycles. The predicted octanol–water partition coefficient (Wildman–Crippen LogP) is 4.27. The fourth-order valence-electron chi connectivity index (χ4n) is 9.93. The first-order chi connectivity index (χ1) is 17.7. The molecule has 2 aliphatic heterocycles. The molecule has 4 heteroatoms. The molecular weight excluding hydrogens is 444 g/mol. The molecule has 0 aromatic heterocycles. The number of amides is 2. The van der Waals surface area contributed by atoms with E-state index in [1.54, 1.807) is 4.90 Å². The largest absolute Gasteiger partial charge is 0.303 e. The Morgan fingerprint density at radius 1 is 0.639 bits per heavy atom. The first-order valence-corrected chi connectivity index (χ1v) is 14.1. The number of carbonyl (C=O) groups is 2. The zero-order valence-electron chi connectivity index (χ0n) is 20.5. The van der Waals surface area contributed by atoms with Crippen LogP contribution in [0.15, 0.2) is 60.7 Å². The van der Waals surface area contributed by atoms with E-state index in [4.69, 9.17) is 0 Å². The van der Waals surface area contributed by atoms with Gasteiger partial charge >= 0.3 is 0 Å². The first-order valence-electron chi connectivity index (χ1n) is 14.1. The Morgan fingerprint density at radius 3 is 1.58 bits per heavy atom. The highest BCUT2D eigenvalue weighted by Gasteiger charge is 2.62. The molecular formula is C32H32N2O2. The Bertz CT molecular complexity index is 1210. The summed E-state index contributed by atoms with van der Waals surface area (Å²) < 4.78 is 0. The number of nitrogens with zero attached hydrogens (tertiary/aromatic N) is 2. The molecule has 0 N–H and O–H groups in total. The van der Waals surface area contributed by atoms with Gasteiger partial charge in [0, 0.05) is 31.5 Å². The maximum atomic E-state index is 13.8. The molecule has 4 nitrogen and oxygen atoms in total. The normalized spacial score (nSPS) is 42.3. The van der Waals surface area contributed by atoms with E-state index in [0.29, 0.717) is 6.54 Å². The maximum Gasteiger partial charge on any atom is 0.234 e. The van der Waals surface area contributed by atoms with Crippen molar-refractivity contribution in [3.8, 4) is 0 Å². The summed E-state index contributed by atoms with van der Waals surface area (Å²) in [6.45, 7) is 3.99. The van der Waals surface area contributed by atoms with E-state index in [0.717, 1.165) is 48.5 Å². The van der Waals surface area contributed by atoms with Crippen molar-refractivity contribution in [3.63, 3.8) is 0 Å². The number of likely N-dealkylation sites (tertiary alicyclic amines) is 2. The third kappa shape index (κ3) is 2.45. The van der Waals surface area contributed by atoms with Gasteiger partial charge in [0.1, 0.15) is 0 Å². The standard InChI is InChI=1S/C32H32N2O2/c35-31-29-27-19-6-1-2-7-20(19)28(22-9-4-3-8-21(22)27)30(29)32(36)34(31)13-5-12-33-15-25-17-10-11-18(26(25)16-33)24-14-23(17)24/h1-4,6-11,17-18,23-30H,5,12-16H2. The smallest absolute Gasteiger partial charge is 0.234 e. The second-order valence-corrected chi connectivity index (χ2v) is 12.6. The van der Waals surface area contributed by atoms with Gasteiger partial charge in [0.15, 0.2) is 0 Å². The molecule has 36 heavy (non-hydrogen) atoms. The van der Waals surface area contributed by atoms with Crippen LogP contribution in [-0.4, -0.2) is 47.8 Å². The van der Waals surface area contributed by atoms with Crippen molar-refractivity contribution >= 4 is 11.8 Å². The highest BCUT2D eigenvalue weighted by molar-refractivity contribution is 6.07. The fraction of sp³-hybridized carbons (Fsp3) is 0.500. The molecule has 4 fully saturated rings. The second kappa shape index (κ2) is 6.98. The molecule has 7 aliphatic carbocycles. The van der Waals surface area contributed by atoms with Crippen LogP contribution < -0.4 is 0 Å². The topological polar surface area (TPSA) is 40.6 Å². The third-order valence-corrected chi connectivity index (χ3v) is 11.3. The number of benzene rings is 2. The van der Waals surface area contributed by atoms with Crippen molar-refractivity contribution in [3.05, 3.63) is 82.9 Å². The van der Waals surface area contributed by atoms with E-state index in [9.17, 15) is 9.59 Å². The van der Waals surface area contributed by atoms with Crippen molar-refractivity contribution < 1.29 is 9.59 Å².